The number of anilines is 1. The van der Waals surface area contributed by atoms with Gasteiger partial charge < -0.3 is 14.8 Å². The zero-order chi connectivity index (χ0) is 29.6. The van der Waals surface area contributed by atoms with E-state index in [0.717, 1.165) is 50.7 Å². The van der Waals surface area contributed by atoms with Crippen LogP contribution in [0.2, 0.25) is 0 Å². The first-order valence-electron chi connectivity index (χ1n) is 14.1. The van der Waals surface area contributed by atoms with Crippen molar-refractivity contribution < 1.29 is 19.1 Å². The Morgan fingerprint density at radius 1 is 1.02 bits per heavy atom. The number of hydrogen-bond acceptors (Lipinski definition) is 6. The first-order valence-corrected chi connectivity index (χ1v) is 14.1. The fraction of sp³-hybridized carbons (Fsp3) is 0.257. The number of carbonyl (C=O) groups is 2. The Labute approximate surface area is 244 Å². The maximum absolute atomic E-state index is 13.2. The van der Waals surface area contributed by atoms with Crippen molar-refractivity contribution in [1.29, 1.82) is 0 Å². The van der Waals surface area contributed by atoms with Gasteiger partial charge in [-0.05, 0) is 105 Å². The number of carbonyl (C=O) groups excluding carboxylic acids is 2. The molecule has 0 radical (unpaired) electrons. The highest BCUT2D eigenvalue weighted by Crippen LogP contribution is 2.45. The lowest BCUT2D eigenvalue weighted by Gasteiger charge is -2.30. The maximum atomic E-state index is 13.2. The van der Waals surface area contributed by atoms with E-state index in [4.69, 9.17) is 19.4 Å². The monoisotopic (exact) mass is 559 g/mol. The number of amides is 1. The van der Waals surface area contributed by atoms with Gasteiger partial charge in [0.15, 0.2) is 5.78 Å². The highest BCUT2D eigenvalue weighted by Gasteiger charge is 2.31. The van der Waals surface area contributed by atoms with Crippen LogP contribution in [-0.2, 0) is 16.0 Å². The fourth-order valence-corrected chi connectivity index (χ4v) is 5.70. The van der Waals surface area contributed by atoms with Crippen LogP contribution in [0.3, 0.4) is 0 Å². The van der Waals surface area contributed by atoms with Crippen molar-refractivity contribution in [1.82, 2.24) is 9.97 Å². The number of nitrogens with one attached hydrogen (secondary N) is 1. The molecule has 7 heteroatoms. The second kappa shape index (κ2) is 10.7. The largest absolute Gasteiger partial charge is 0.493 e. The molecule has 0 aliphatic carbocycles. The summed E-state index contributed by atoms with van der Waals surface area (Å²) < 4.78 is 12.4. The number of ether oxygens (including phenoxy) is 2. The van der Waals surface area contributed by atoms with Gasteiger partial charge in [0.25, 0.3) is 5.91 Å². The number of aromatic nitrogens is 2. The van der Waals surface area contributed by atoms with E-state index in [-0.39, 0.29) is 11.7 Å². The number of aryl methyl sites for hydroxylation is 1. The van der Waals surface area contributed by atoms with Crippen LogP contribution < -0.4 is 10.1 Å². The minimum atomic E-state index is -0.802. The molecule has 1 aliphatic heterocycles. The van der Waals surface area contributed by atoms with Gasteiger partial charge in [0.05, 0.1) is 23.2 Å². The van der Waals surface area contributed by atoms with Crippen molar-refractivity contribution in [3.05, 3.63) is 95.2 Å². The van der Waals surface area contributed by atoms with Gasteiger partial charge >= 0.3 is 0 Å². The molecule has 42 heavy (non-hydrogen) atoms. The van der Waals surface area contributed by atoms with Gasteiger partial charge in [-0.1, -0.05) is 18.2 Å². The minimum Gasteiger partial charge on any atom is -0.493 e. The van der Waals surface area contributed by atoms with Gasteiger partial charge in [-0.2, -0.15) is 0 Å². The smallest absolute Gasteiger partial charge is 0.256 e. The molecular formula is C35H33N3O4. The van der Waals surface area contributed by atoms with E-state index < -0.39 is 11.7 Å². The zero-order valence-corrected chi connectivity index (χ0v) is 24.4. The van der Waals surface area contributed by atoms with Crippen LogP contribution in [0, 0.1) is 6.92 Å². The van der Waals surface area contributed by atoms with Gasteiger partial charge in [-0.25, -0.2) is 4.98 Å². The van der Waals surface area contributed by atoms with Crippen molar-refractivity contribution in [2.24, 2.45) is 0 Å². The van der Waals surface area contributed by atoms with Crippen LogP contribution in [0.15, 0.2) is 72.9 Å². The molecule has 0 spiro atoms. The predicted molar refractivity (Wildman–Crippen MR) is 165 cm³/mol. The van der Waals surface area contributed by atoms with Crippen molar-refractivity contribution >= 4 is 39.3 Å². The Morgan fingerprint density at radius 2 is 1.81 bits per heavy atom. The Hall–Kier alpha value is -4.62. The van der Waals surface area contributed by atoms with Crippen molar-refractivity contribution in [2.75, 3.05) is 11.9 Å². The van der Waals surface area contributed by atoms with Gasteiger partial charge in [-0.3, -0.25) is 14.6 Å². The van der Waals surface area contributed by atoms with Crippen molar-refractivity contribution in [2.45, 2.75) is 52.7 Å². The Kier molecular flexibility index (Phi) is 6.99. The molecule has 1 atom stereocenters. The number of Topliss-reactive ketones (excluding diaryl/α,β-unsaturated/α-hetero) is 1. The van der Waals surface area contributed by atoms with Gasteiger partial charge in [0, 0.05) is 34.5 Å². The average Bonchev–Trinajstić information content (AvgIpc) is 2.96. The summed E-state index contributed by atoms with van der Waals surface area (Å²) in [5.41, 5.74) is 6.01. The van der Waals surface area contributed by atoms with Crippen LogP contribution in [0.5, 0.6) is 5.75 Å². The molecule has 6 rings (SSSR count). The number of benzene rings is 3. The quantitative estimate of drug-likeness (QED) is 0.233. The lowest BCUT2D eigenvalue weighted by atomic mass is 9.85. The molecule has 1 aliphatic rings. The summed E-state index contributed by atoms with van der Waals surface area (Å²) in [6.07, 6.45) is 1.83. The summed E-state index contributed by atoms with van der Waals surface area (Å²) in [5.74, 6) is 0.915. The summed E-state index contributed by atoms with van der Waals surface area (Å²) >= 11 is 0. The second-order valence-corrected chi connectivity index (χ2v) is 11.7. The molecule has 212 valence electrons. The van der Waals surface area contributed by atoms with E-state index in [1.807, 2.05) is 82.4 Å². The van der Waals surface area contributed by atoms with E-state index in [1.54, 1.807) is 25.1 Å². The van der Waals surface area contributed by atoms with Crippen LogP contribution in [0.4, 0.5) is 5.82 Å². The zero-order valence-electron chi connectivity index (χ0n) is 24.4. The predicted octanol–water partition coefficient (Wildman–Crippen LogP) is 7.39. The summed E-state index contributed by atoms with van der Waals surface area (Å²) in [4.78, 5) is 35.8. The molecule has 1 N–H and O–H groups in total. The van der Waals surface area contributed by atoms with Gasteiger partial charge in [-0.15, -0.1) is 0 Å². The molecule has 7 nitrogen and oxygen atoms in total. The molecule has 3 aromatic carbocycles. The third-order valence-electron chi connectivity index (χ3n) is 7.46. The summed E-state index contributed by atoms with van der Waals surface area (Å²) in [6.45, 7) is 10.0. The first-order chi connectivity index (χ1) is 20.1. The minimum absolute atomic E-state index is 0.0904. The molecule has 2 aromatic heterocycles. The number of fused-ring (bicyclic) bond motifs is 1. The molecular weight excluding hydrogens is 526 g/mol. The molecule has 0 fully saturated rings. The lowest BCUT2D eigenvalue weighted by Crippen LogP contribution is -2.27. The number of hydrogen-bond donors (Lipinski definition) is 1. The van der Waals surface area contributed by atoms with E-state index >= 15 is 0 Å². The normalized spacial score (nSPS) is 13.5. The van der Waals surface area contributed by atoms with Crippen molar-refractivity contribution in [3.8, 4) is 16.9 Å². The van der Waals surface area contributed by atoms with Gasteiger partial charge in [0.2, 0.25) is 0 Å². The molecule has 0 unspecified atom stereocenters. The highest BCUT2D eigenvalue weighted by molar-refractivity contribution is 6.09. The Balaban J connectivity index is 1.60. The molecule has 1 amide bonds. The number of rotatable bonds is 6. The van der Waals surface area contributed by atoms with E-state index in [2.05, 4.69) is 5.32 Å². The summed E-state index contributed by atoms with van der Waals surface area (Å²) in [7, 11) is 0. The molecule has 0 saturated carbocycles. The van der Waals surface area contributed by atoms with Crippen LogP contribution in [0.1, 0.15) is 60.8 Å². The first kappa shape index (κ1) is 27.5. The second-order valence-electron chi connectivity index (χ2n) is 11.7. The molecule has 5 aromatic rings. The summed E-state index contributed by atoms with van der Waals surface area (Å²) in [6, 6.07) is 20.8. The molecule has 3 heterocycles. The Morgan fingerprint density at radius 3 is 2.55 bits per heavy atom. The molecule has 0 bridgehead atoms. The molecule has 0 saturated heterocycles. The third kappa shape index (κ3) is 5.12. The van der Waals surface area contributed by atoms with Crippen molar-refractivity contribution in [3.63, 3.8) is 0 Å². The van der Waals surface area contributed by atoms with Crippen LogP contribution >= 0.6 is 0 Å². The van der Waals surface area contributed by atoms with E-state index in [9.17, 15) is 9.59 Å². The van der Waals surface area contributed by atoms with Crippen LogP contribution in [0.25, 0.3) is 32.9 Å². The van der Waals surface area contributed by atoms with E-state index in [0.29, 0.717) is 23.5 Å². The van der Waals surface area contributed by atoms with Crippen LogP contribution in [-0.4, -0.2) is 33.9 Å². The summed E-state index contributed by atoms with van der Waals surface area (Å²) in [5, 5.41) is 4.73. The lowest BCUT2D eigenvalue weighted by molar-refractivity contribution is -0.138. The number of pyridine rings is 2. The Bertz CT molecular complexity index is 1850. The maximum Gasteiger partial charge on any atom is 0.256 e. The highest BCUT2D eigenvalue weighted by atomic mass is 16.5. The average molecular weight is 560 g/mol. The number of ketones is 1. The number of nitrogens with zero attached hydrogens (tertiary/aromatic N) is 2. The van der Waals surface area contributed by atoms with E-state index in [1.165, 1.54) is 5.56 Å². The standard InChI is InChI=1S/C35H33N3O4/c1-20-19-26-24(12-14-28(37-26)38-34(40)23-9-7-6-8-10-23)31(29(20)33(21(2)39)42-35(3,4)5)25-11-13-27-30-22(16-18-41-27)15-17-36-32(25)30/h6-15,17,19,33H,16,18H2,1-5H3,(H,37,38,40)/t33-/m1/s1. The fourth-order valence-electron chi connectivity index (χ4n) is 5.70. The third-order valence-corrected chi connectivity index (χ3v) is 7.46. The van der Waals surface area contributed by atoms with Gasteiger partial charge in [0.1, 0.15) is 17.7 Å². The topological polar surface area (TPSA) is 90.4 Å². The SMILES string of the molecule is CC(=O)[C@@H](OC(C)(C)C)c1c(C)cc2nc(NC(=O)c3ccccc3)ccc2c1-c1ccc2c3c(ccnc13)CCO2.